The molecule has 56 heavy (non-hydrogen) atoms. The van der Waals surface area contributed by atoms with Crippen molar-refractivity contribution in [3.8, 4) is 11.1 Å². The van der Waals surface area contributed by atoms with E-state index in [1.165, 1.54) is 86.6 Å². The van der Waals surface area contributed by atoms with Gasteiger partial charge in [-0.3, -0.25) is 4.90 Å². The molecule has 0 N–H and O–H groups in total. The van der Waals surface area contributed by atoms with Crippen LogP contribution in [0.1, 0.15) is 71.4 Å². The Morgan fingerprint density at radius 1 is 0.696 bits per heavy atom. The fraction of sp³-hybridized carbons (Fsp3) is 0.235. The van der Waals surface area contributed by atoms with Crippen LogP contribution in [0.4, 0.5) is 28.6 Å². The highest BCUT2D eigenvalue weighted by molar-refractivity contribution is 7.00. The minimum Gasteiger partial charge on any atom is -0.454 e. The van der Waals surface area contributed by atoms with E-state index in [0.717, 1.165) is 39.0 Å². The minimum absolute atomic E-state index is 0.0103. The molecule has 0 amide bonds. The molecule has 2 aromatic heterocycles. The zero-order valence-corrected chi connectivity index (χ0v) is 32.8. The standard InChI is InChI=1S/C51H44BN3O/c1-49(2,3)33-28-42-45-43(29-33)55-46-38(50(4)25-10-11-26-51(50,55)5)21-14-22-39(46)52(45)40-27-32(35-19-12-16-31-15-6-7-17-34(31)35)30-53-48(40)54(42)41-23-13-20-37-36-18-8-9-24-44(36)56-47(37)41/h6-9,12-24,27-30H,10-11,25-26H2,1-5H3. The first-order valence-electron chi connectivity index (χ1n) is 20.5. The van der Waals surface area contributed by atoms with E-state index < -0.39 is 0 Å². The van der Waals surface area contributed by atoms with E-state index in [4.69, 9.17) is 9.40 Å². The van der Waals surface area contributed by atoms with Gasteiger partial charge in [0.2, 0.25) is 0 Å². The molecular weight excluding hydrogens is 681 g/mol. The van der Waals surface area contributed by atoms with Crippen LogP contribution >= 0.6 is 0 Å². The molecule has 4 nitrogen and oxygen atoms in total. The van der Waals surface area contributed by atoms with Crippen LogP contribution in [-0.2, 0) is 10.8 Å². The number of hydrogen-bond donors (Lipinski definition) is 0. The summed E-state index contributed by atoms with van der Waals surface area (Å²) in [5.74, 6) is 0.968. The second kappa shape index (κ2) is 10.9. The summed E-state index contributed by atoms with van der Waals surface area (Å²) < 4.78 is 6.83. The second-order valence-corrected chi connectivity index (χ2v) is 18.3. The SMILES string of the molecule is CC(C)(C)c1cc2c3c(c1)N1c4c(cccc4C4(C)CCCCC14C)B3c1cc(-c3cccc4ccccc34)cnc1N2c1cccc2c1oc1ccccc12. The van der Waals surface area contributed by atoms with Crippen LogP contribution in [0.25, 0.3) is 43.8 Å². The zero-order valence-electron chi connectivity index (χ0n) is 32.8. The van der Waals surface area contributed by atoms with Gasteiger partial charge in [0, 0.05) is 45.0 Å². The van der Waals surface area contributed by atoms with Crippen LogP contribution in [-0.4, -0.2) is 17.2 Å². The van der Waals surface area contributed by atoms with Crippen molar-refractivity contribution in [3.05, 3.63) is 139 Å². The highest BCUT2D eigenvalue weighted by Gasteiger charge is 2.61. The summed E-state index contributed by atoms with van der Waals surface area (Å²) in [6, 6.07) is 45.1. The molecule has 8 aromatic rings. The van der Waals surface area contributed by atoms with Crippen LogP contribution in [0.2, 0.25) is 0 Å². The van der Waals surface area contributed by atoms with E-state index in [0.29, 0.717) is 0 Å². The lowest BCUT2D eigenvalue weighted by molar-refractivity contribution is 0.195. The molecule has 272 valence electrons. The zero-order chi connectivity index (χ0) is 37.7. The van der Waals surface area contributed by atoms with Gasteiger partial charge in [-0.05, 0) is 93.3 Å². The van der Waals surface area contributed by atoms with Crippen LogP contribution in [0.3, 0.4) is 0 Å². The minimum atomic E-state index is -0.0830. The maximum atomic E-state index is 6.83. The Hall–Kier alpha value is -5.81. The molecule has 1 saturated carbocycles. The van der Waals surface area contributed by atoms with Gasteiger partial charge in [0.25, 0.3) is 6.71 Å². The van der Waals surface area contributed by atoms with Crippen molar-refractivity contribution in [2.45, 2.75) is 76.7 Å². The molecular formula is C51H44BN3O. The number of rotatable bonds is 2. The number of furan rings is 1. The van der Waals surface area contributed by atoms with Crippen LogP contribution in [0, 0.1) is 0 Å². The van der Waals surface area contributed by atoms with Crippen molar-refractivity contribution in [1.29, 1.82) is 0 Å². The number of fused-ring (bicyclic) bond motifs is 11. The molecule has 0 spiro atoms. The number of benzene rings is 6. The lowest BCUT2D eigenvalue weighted by atomic mass is 9.33. The third-order valence-corrected chi connectivity index (χ3v) is 14.4. The summed E-state index contributed by atoms with van der Waals surface area (Å²) in [7, 11) is 0. The van der Waals surface area contributed by atoms with E-state index in [1.54, 1.807) is 0 Å². The fourth-order valence-corrected chi connectivity index (χ4v) is 11.4. The third kappa shape index (κ3) is 4.03. The topological polar surface area (TPSA) is 32.5 Å². The van der Waals surface area contributed by atoms with Crippen molar-refractivity contribution >= 4 is 84.4 Å². The van der Waals surface area contributed by atoms with Crippen molar-refractivity contribution < 1.29 is 4.42 Å². The largest absolute Gasteiger partial charge is 0.454 e. The maximum Gasteiger partial charge on any atom is 0.254 e. The van der Waals surface area contributed by atoms with Gasteiger partial charge >= 0.3 is 0 Å². The van der Waals surface area contributed by atoms with Gasteiger partial charge < -0.3 is 9.32 Å². The lowest BCUT2D eigenvalue weighted by Gasteiger charge is -2.53. The van der Waals surface area contributed by atoms with E-state index in [2.05, 4.69) is 172 Å². The molecule has 6 aromatic carbocycles. The molecule has 0 bridgehead atoms. The van der Waals surface area contributed by atoms with Gasteiger partial charge in [-0.2, -0.15) is 0 Å². The Labute approximate surface area is 328 Å². The van der Waals surface area contributed by atoms with Gasteiger partial charge in [-0.1, -0.05) is 138 Å². The molecule has 0 saturated heterocycles. The van der Waals surface area contributed by atoms with Gasteiger partial charge in [-0.25, -0.2) is 4.98 Å². The van der Waals surface area contributed by atoms with E-state index in [1.807, 2.05) is 0 Å². The van der Waals surface area contributed by atoms with E-state index in [9.17, 15) is 0 Å². The predicted molar refractivity (Wildman–Crippen MR) is 235 cm³/mol. The first-order valence-corrected chi connectivity index (χ1v) is 20.5. The summed E-state index contributed by atoms with van der Waals surface area (Å²) in [6.45, 7) is 12.2. The molecule has 12 rings (SSSR count). The Kier molecular flexibility index (Phi) is 6.34. The van der Waals surface area contributed by atoms with E-state index in [-0.39, 0.29) is 23.1 Å². The molecule has 0 radical (unpaired) electrons. The predicted octanol–water partition coefficient (Wildman–Crippen LogP) is 11.5. The average Bonchev–Trinajstić information content (AvgIpc) is 3.69. The van der Waals surface area contributed by atoms with Crippen molar-refractivity contribution in [2.24, 2.45) is 0 Å². The summed E-state index contributed by atoms with van der Waals surface area (Å²) in [5, 5.41) is 4.73. The Bertz CT molecular complexity index is 2990. The summed E-state index contributed by atoms with van der Waals surface area (Å²) in [6.07, 6.45) is 6.99. The third-order valence-electron chi connectivity index (χ3n) is 14.4. The number of hydrogen-bond acceptors (Lipinski definition) is 4. The van der Waals surface area contributed by atoms with Crippen LogP contribution in [0.15, 0.2) is 132 Å². The smallest absolute Gasteiger partial charge is 0.254 e. The number of para-hydroxylation sites is 3. The molecule has 4 aliphatic rings. The Morgan fingerprint density at radius 2 is 1.43 bits per heavy atom. The van der Waals surface area contributed by atoms with Crippen molar-refractivity contribution in [3.63, 3.8) is 0 Å². The quantitative estimate of drug-likeness (QED) is 0.166. The summed E-state index contributed by atoms with van der Waals surface area (Å²) in [5.41, 5.74) is 15.9. The molecule has 3 aliphatic heterocycles. The van der Waals surface area contributed by atoms with E-state index >= 15 is 0 Å². The van der Waals surface area contributed by atoms with Gasteiger partial charge in [-0.15, -0.1) is 0 Å². The molecule has 1 aliphatic carbocycles. The monoisotopic (exact) mass is 725 g/mol. The molecule has 5 heterocycles. The van der Waals surface area contributed by atoms with Crippen molar-refractivity contribution in [2.75, 3.05) is 9.80 Å². The molecule has 2 unspecified atom stereocenters. The fourth-order valence-electron chi connectivity index (χ4n) is 11.4. The lowest BCUT2D eigenvalue weighted by Crippen LogP contribution is -2.64. The van der Waals surface area contributed by atoms with Crippen molar-refractivity contribution in [1.82, 2.24) is 4.98 Å². The Balaban J connectivity index is 1.22. The highest BCUT2D eigenvalue weighted by atomic mass is 16.3. The number of pyridine rings is 1. The molecule has 1 fully saturated rings. The molecule has 2 atom stereocenters. The number of nitrogens with zero attached hydrogens (tertiary/aromatic N) is 3. The second-order valence-electron chi connectivity index (χ2n) is 18.3. The van der Waals surface area contributed by atoms with Gasteiger partial charge in [0.1, 0.15) is 11.4 Å². The number of aromatic nitrogens is 1. The number of anilines is 5. The average molecular weight is 726 g/mol. The Morgan fingerprint density at radius 3 is 2.30 bits per heavy atom. The van der Waals surface area contributed by atoms with Crippen LogP contribution in [0.5, 0.6) is 0 Å². The normalized spacial score (nSPS) is 20.7. The first-order chi connectivity index (χ1) is 27.2. The summed E-state index contributed by atoms with van der Waals surface area (Å²) in [4.78, 5) is 10.8. The first kappa shape index (κ1) is 32.4. The van der Waals surface area contributed by atoms with Crippen LogP contribution < -0.4 is 26.2 Å². The molecule has 5 heteroatoms. The van der Waals surface area contributed by atoms with Gasteiger partial charge in [0.05, 0.1) is 11.2 Å². The maximum absolute atomic E-state index is 6.83. The highest BCUT2D eigenvalue weighted by Crippen LogP contribution is 2.62. The van der Waals surface area contributed by atoms with Gasteiger partial charge in [0.15, 0.2) is 5.58 Å². The summed E-state index contributed by atoms with van der Waals surface area (Å²) >= 11 is 0.